The summed E-state index contributed by atoms with van der Waals surface area (Å²) < 4.78 is 28.3. The minimum Gasteiger partial charge on any atom is -0.456 e. The van der Waals surface area contributed by atoms with Crippen molar-refractivity contribution in [2.45, 2.75) is 71.2 Å². The van der Waals surface area contributed by atoms with Crippen molar-refractivity contribution in [2.24, 2.45) is 0 Å². The average molecular weight is 429 g/mol. The molecule has 1 aliphatic heterocycles. The van der Waals surface area contributed by atoms with Crippen LogP contribution in [-0.4, -0.2) is 86.9 Å². The van der Waals surface area contributed by atoms with Crippen LogP contribution in [-0.2, 0) is 38.1 Å². The van der Waals surface area contributed by atoms with Gasteiger partial charge in [-0.1, -0.05) is 0 Å². The van der Waals surface area contributed by atoms with E-state index in [1.165, 1.54) is 20.8 Å². The summed E-state index contributed by atoms with van der Waals surface area (Å²) in [6, 6.07) is 0. The second-order valence-electron chi connectivity index (χ2n) is 8.03. The van der Waals surface area contributed by atoms with Gasteiger partial charge >= 0.3 is 17.9 Å². The standard InChI is InChI=1S/C21H34NO8/c1-8-11-22(6,7)12-9-10-13-26-21-20(30-17(5)25)19(29-16(4)24)18(14(2)27-21)28-15(3)23/h1,14,18-21H,9-13H2,2-7H3/q+1/t14-,18-,19+,20+,21?/m0/s1. The SMILES string of the molecule is C#CC[N+](C)(C)CCCCOC1O[C@@H](C)[C@H](OC(C)=O)[C@@H](OC(C)=O)[C@H]1OC(C)=O. The van der Waals surface area contributed by atoms with E-state index < -0.39 is 48.6 Å². The smallest absolute Gasteiger partial charge is 0.303 e. The molecule has 9 nitrogen and oxygen atoms in total. The molecular formula is C21H34NO8+. The van der Waals surface area contributed by atoms with Gasteiger partial charge < -0.3 is 28.2 Å². The highest BCUT2D eigenvalue weighted by atomic mass is 16.7. The molecule has 0 N–H and O–H groups in total. The maximum atomic E-state index is 11.6. The predicted molar refractivity (Wildman–Crippen MR) is 107 cm³/mol. The number of quaternary nitrogens is 1. The molecule has 1 saturated heterocycles. The normalized spacial score (nSPS) is 26.4. The third-order valence-electron chi connectivity index (χ3n) is 4.59. The molecule has 0 bridgehead atoms. The predicted octanol–water partition coefficient (Wildman–Crippen LogP) is 1.03. The third kappa shape index (κ3) is 8.69. The van der Waals surface area contributed by atoms with Crippen LogP contribution in [0.4, 0.5) is 0 Å². The van der Waals surface area contributed by atoms with E-state index in [1.807, 2.05) is 0 Å². The summed E-state index contributed by atoms with van der Waals surface area (Å²) in [5.41, 5.74) is 0. The number of carbonyl (C=O) groups is 3. The third-order valence-corrected chi connectivity index (χ3v) is 4.59. The van der Waals surface area contributed by atoms with Gasteiger partial charge in [-0.15, -0.1) is 6.42 Å². The Bertz CT molecular complexity index is 641. The Hall–Kier alpha value is -2.15. The molecule has 0 aromatic heterocycles. The number of unbranched alkanes of at least 4 members (excludes halogenated alkanes) is 1. The first-order valence-corrected chi connectivity index (χ1v) is 10.0. The minimum absolute atomic E-state index is 0.343. The van der Waals surface area contributed by atoms with Crippen molar-refractivity contribution in [1.82, 2.24) is 0 Å². The van der Waals surface area contributed by atoms with Gasteiger partial charge in [0.05, 0.1) is 33.4 Å². The van der Waals surface area contributed by atoms with E-state index >= 15 is 0 Å². The summed E-state index contributed by atoms with van der Waals surface area (Å²) in [5, 5.41) is 0. The lowest BCUT2D eigenvalue weighted by Crippen LogP contribution is -2.61. The highest BCUT2D eigenvalue weighted by Crippen LogP contribution is 2.29. The van der Waals surface area contributed by atoms with Crippen molar-refractivity contribution >= 4 is 17.9 Å². The molecule has 1 fully saturated rings. The van der Waals surface area contributed by atoms with Crippen LogP contribution in [0, 0.1) is 12.3 Å². The van der Waals surface area contributed by atoms with E-state index in [4.69, 9.17) is 30.1 Å². The van der Waals surface area contributed by atoms with Gasteiger partial charge in [-0.25, -0.2) is 0 Å². The van der Waals surface area contributed by atoms with Crippen molar-refractivity contribution in [2.75, 3.05) is 33.8 Å². The lowest BCUT2D eigenvalue weighted by atomic mass is 9.99. The minimum atomic E-state index is -1.07. The van der Waals surface area contributed by atoms with Crippen molar-refractivity contribution in [3.8, 4) is 12.3 Å². The lowest BCUT2D eigenvalue weighted by Gasteiger charge is -2.43. The maximum absolute atomic E-state index is 11.6. The molecule has 1 rings (SSSR count). The summed E-state index contributed by atoms with van der Waals surface area (Å²) in [7, 11) is 4.12. The van der Waals surface area contributed by atoms with Crippen LogP contribution in [0.25, 0.3) is 0 Å². The Morgan fingerprint density at radius 1 is 0.933 bits per heavy atom. The Balaban J connectivity index is 2.82. The van der Waals surface area contributed by atoms with Crippen molar-refractivity contribution in [1.29, 1.82) is 0 Å². The average Bonchev–Trinajstić information content (AvgIpc) is 2.59. The van der Waals surface area contributed by atoms with Gasteiger partial charge in [-0.2, -0.15) is 0 Å². The molecule has 0 aliphatic carbocycles. The number of esters is 3. The van der Waals surface area contributed by atoms with Crippen LogP contribution < -0.4 is 0 Å². The molecule has 0 spiro atoms. The first kappa shape index (κ1) is 25.9. The first-order chi connectivity index (χ1) is 14.0. The molecule has 0 saturated carbocycles. The zero-order valence-corrected chi connectivity index (χ0v) is 18.7. The fourth-order valence-electron chi connectivity index (χ4n) is 3.27. The van der Waals surface area contributed by atoms with E-state index in [9.17, 15) is 14.4 Å². The highest BCUT2D eigenvalue weighted by molar-refractivity contribution is 5.68. The zero-order chi connectivity index (χ0) is 22.9. The van der Waals surface area contributed by atoms with Gasteiger partial charge in [0, 0.05) is 20.8 Å². The van der Waals surface area contributed by atoms with Gasteiger partial charge in [0.25, 0.3) is 0 Å². The van der Waals surface area contributed by atoms with E-state index in [1.54, 1.807) is 6.92 Å². The maximum Gasteiger partial charge on any atom is 0.303 e. The van der Waals surface area contributed by atoms with E-state index in [0.29, 0.717) is 17.6 Å². The van der Waals surface area contributed by atoms with Crippen molar-refractivity contribution in [3.05, 3.63) is 0 Å². The van der Waals surface area contributed by atoms with Gasteiger partial charge in [0.15, 0.2) is 24.6 Å². The van der Waals surface area contributed by atoms with Crippen molar-refractivity contribution < 1.29 is 42.6 Å². The molecule has 1 heterocycles. The molecule has 5 atom stereocenters. The monoisotopic (exact) mass is 428 g/mol. The summed E-state index contributed by atoms with van der Waals surface area (Å²) in [5.74, 6) is 0.895. The molecule has 1 unspecified atom stereocenters. The number of terminal acetylenes is 1. The number of ether oxygens (including phenoxy) is 5. The highest BCUT2D eigenvalue weighted by Gasteiger charge is 2.50. The number of hydrogen-bond donors (Lipinski definition) is 0. The van der Waals surface area contributed by atoms with E-state index in [-0.39, 0.29) is 0 Å². The quantitative estimate of drug-likeness (QED) is 0.167. The summed E-state index contributed by atoms with van der Waals surface area (Å²) in [6.07, 6.45) is 2.34. The molecule has 0 radical (unpaired) electrons. The van der Waals surface area contributed by atoms with Gasteiger partial charge in [0.2, 0.25) is 0 Å². The van der Waals surface area contributed by atoms with Crippen LogP contribution in [0.1, 0.15) is 40.5 Å². The largest absolute Gasteiger partial charge is 0.456 e. The molecule has 30 heavy (non-hydrogen) atoms. The molecule has 0 aromatic carbocycles. The first-order valence-electron chi connectivity index (χ1n) is 10.0. The fraction of sp³-hybridized carbons (Fsp3) is 0.762. The molecule has 0 aromatic rings. The van der Waals surface area contributed by atoms with Crippen LogP contribution in [0.5, 0.6) is 0 Å². The number of rotatable bonds is 10. The summed E-state index contributed by atoms with van der Waals surface area (Å²) >= 11 is 0. The Labute approximate surface area is 178 Å². The second kappa shape index (κ2) is 11.9. The van der Waals surface area contributed by atoms with Gasteiger partial charge in [0.1, 0.15) is 6.54 Å². The Morgan fingerprint density at radius 2 is 1.47 bits per heavy atom. The number of nitrogens with zero attached hydrogens (tertiary/aromatic N) is 1. The van der Waals surface area contributed by atoms with Crippen LogP contribution >= 0.6 is 0 Å². The molecule has 0 amide bonds. The molecular weight excluding hydrogens is 394 g/mol. The van der Waals surface area contributed by atoms with E-state index in [0.717, 1.165) is 19.4 Å². The summed E-state index contributed by atoms with van der Waals surface area (Å²) in [4.78, 5) is 34.8. The Kier molecular flexibility index (Phi) is 10.3. The number of hydrogen-bond acceptors (Lipinski definition) is 8. The van der Waals surface area contributed by atoms with Gasteiger partial charge in [-0.05, 0) is 25.7 Å². The summed E-state index contributed by atoms with van der Waals surface area (Å²) in [6.45, 7) is 7.23. The fourth-order valence-corrected chi connectivity index (χ4v) is 3.27. The molecule has 170 valence electrons. The van der Waals surface area contributed by atoms with Crippen LogP contribution in [0.2, 0.25) is 0 Å². The Morgan fingerprint density at radius 3 is 2.00 bits per heavy atom. The van der Waals surface area contributed by atoms with E-state index in [2.05, 4.69) is 20.0 Å². The molecule has 9 heteroatoms. The molecule has 1 aliphatic rings. The van der Waals surface area contributed by atoms with Crippen LogP contribution in [0.3, 0.4) is 0 Å². The van der Waals surface area contributed by atoms with Crippen LogP contribution in [0.15, 0.2) is 0 Å². The van der Waals surface area contributed by atoms with Gasteiger partial charge in [-0.3, -0.25) is 14.4 Å². The zero-order valence-electron chi connectivity index (χ0n) is 18.7. The lowest BCUT2D eigenvalue weighted by molar-refractivity contribution is -0.883. The second-order valence-corrected chi connectivity index (χ2v) is 8.03. The van der Waals surface area contributed by atoms with Crippen molar-refractivity contribution in [3.63, 3.8) is 0 Å². The topological polar surface area (TPSA) is 97.4 Å². The number of carbonyl (C=O) groups excluding carboxylic acids is 3.